The molecule has 5 nitrogen and oxygen atoms in total. The molecule has 0 bridgehead atoms. The molecule has 0 aromatic heterocycles. The number of aliphatic hydroxyl groups is 1. The zero-order valence-corrected chi connectivity index (χ0v) is 20.6. The van der Waals surface area contributed by atoms with Gasteiger partial charge in [-0.2, -0.15) is 0 Å². The smallest absolute Gasteiger partial charge is 0.385 e. The summed E-state index contributed by atoms with van der Waals surface area (Å²) < 4.78 is 10.0. The van der Waals surface area contributed by atoms with Crippen LogP contribution in [-0.2, 0) is 19.1 Å². The second kappa shape index (κ2) is 24.3. The summed E-state index contributed by atoms with van der Waals surface area (Å²) in [4.78, 5) is 23.5. The van der Waals surface area contributed by atoms with Crippen LogP contribution in [0.3, 0.4) is 0 Å². The molecule has 0 amide bonds. The van der Waals surface area contributed by atoms with Gasteiger partial charge in [0.15, 0.2) is 6.10 Å². The Morgan fingerprint density at radius 2 is 1.24 bits per heavy atom. The molecule has 0 aliphatic heterocycles. The summed E-state index contributed by atoms with van der Waals surface area (Å²) in [6, 6.07) is 0. The van der Waals surface area contributed by atoms with Crippen molar-refractivity contribution in [3.8, 4) is 59.2 Å². The first kappa shape index (κ1) is 30.7. The largest absolute Gasteiger partial charge is 0.456 e. The molecule has 34 heavy (non-hydrogen) atoms. The van der Waals surface area contributed by atoms with Gasteiger partial charge in [-0.3, -0.25) is 4.79 Å². The lowest BCUT2D eigenvalue weighted by atomic mass is 10.1. The molecule has 182 valence electrons. The van der Waals surface area contributed by atoms with E-state index < -0.39 is 24.6 Å². The van der Waals surface area contributed by atoms with Gasteiger partial charge in [-0.25, -0.2) is 4.79 Å². The molecule has 0 saturated carbocycles. The first-order chi connectivity index (χ1) is 16.6. The molecule has 0 fully saturated rings. The maximum atomic E-state index is 11.9. The second-order valence-electron chi connectivity index (χ2n) is 7.55. The molecule has 0 rings (SSSR count). The van der Waals surface area contributed by atoms with Gasteiger partial charge in [0.25, 0.3) is 0 Å². The van der Waals surface area contributed by atoms with E-state index in [1.807, 2.05) is 0 Å². The van der Waals surface area contributed by atoms with Crippen molar-refractivity contribution in [3.05, 3.63) is 0 Å². The van der Waals surface area contributed by atoms with Gasteiger partial charge in [0.2, 0.25) is 0 Å². The van der Waals surface area contributed by atoms with E-state index in [-0.39, 0.29) is 13.0 Å². The summed E-state index contributed by atoms with van der Waals surface area (Å²) in [6.07, 6.45) is 12.6. The van der Waals surface area contributed by atoms with Crippen LogP contribution in [0.2, 0.25) is 0 Å². The van der Waals surface area contributed by atoms with E-state index in [9.17, 15) is 14.7 Å². The van der Waals surface area contributed by atoms with Gasteiger partial charge in [-0.05, 0) is 60.7 Å². The van der Waals surface area contributed by atoms with E-state index in [1.54, 1.807) is 6.92 Å². The van der Waals surface area contributed by atoms with Crippen LogP contribution in [0.4, 0.5) is 0 Å². The molecule has 0 aromatic rings. The lowest BCUT2D eigenvalue weighted by Gasteiger charge is -2.14. The molecule has 0 radical (unpaired) electrons. The molecule has 0 aromatic carbocycles. The van der Waals surface area contributed by atoms with E-state index in [4.69, 9.17) is 9.47 Å². The fourth-order valence-corrected chi connectivity index (χ4v) is 2.84. The predicted molar refractivity (Wildman–Crippen MR) is 134 cm³/mol. The van der Waals surface area contributed by atoms with Crippen LogP contribution in [0.15, 0.2) is 0 Å². The first-order valence-corrected chi connectivity index (χ1v) is 12.0. The van der Waals surface area contributed by atoms with Gasteiger partial charge >= 0.3 is 11.9 Å². The van der Waals surface area contributed by atoms with E-state index in [1.165, 1.54) is 51.4 Å². The van der Waals surface area contributed by atoms with E-state index >= 15 is 0 Å². The van der Waals surface area contributed by atoms with Crippen molar-refractivity contribution in [2.45, 2.75) is 97.0 Å². The molecule has 1 atom stereocenters. The molecule has 0 heterocycles. The molecule has 0 saturated heterocycles. The number of hydrogen-bond acceptors (Lipinski definition) is 5. The van der Waals surface area contributed by atoms with Crippen molar-refractivity contribution in [1.29, 1.82) is 0 Å². The number of carbonyl (C=O) groups excluding carboxylic acids is 2. The zero-order chi connectivity index (χ0) is 25.1. The van der Waals surface area contributed by atoms with Crippen LogP contribution < -0.4 is 0 Å². The monoisotopic (exact) mass is 464 g/mol. The van der Waals surface area contributed by atoms with Gasteiger partial charge in [0, 0.05) is 12.3 Å². The summed E-state index contributed by atoms with van der Waals surface area (Å²) in [5.41, 5.74) is 0. The van der Waals surface area contributed by atoms with Crippen molar-refractivity contribution < 1.29 is 24.2 Å². The highest BCUT2D eigenvalue weighted by atomic mass is 16.6. The Morgan fingerprint density at radius 1 is 0.735 bits per heavy atom. The third-order valence-electron chi connectivity index (χ3n) is 4.61. The van der Waals surface area contributed by atoms with E-state index in [0.29, 0.717) is 0 Å². The standard InChI is InChI=1S/C29H36O5/c1-3-5-7-9-11-13-14-16-18-20-22-24-29(32)34-27(25-30)26-33-28(31)23-21-19-17-15-12-10-8-6-4-2/h27,30H,3,5,7,9,11,13-14,16,18,20,22,24-26H2,1-2H3/t27-/m1/s1. The second-order valence-corrected chi connectivity index (χ2v) is 7.55. The van der Waals surface area contributed by atoms with Gasteiger partial charge in [0.05, 0.1) is 6.61 Å². The Bertz CT molecular complexity index is 891. The summed E-state index contributed by atoms with van der Waals surface area (Å²) in [7, 11) is 0. The first-order valence-electron chi connectivity index (χ1n) is 12.0. The maximum Gasteiger partial charge on any atom is 0.385 e. The van der Waals surface area contributed by atoms with Gasteiger partial charge in [-0.1, -0.05) is 77.1 Å². The van der Waals surface area contributed by atoms with Crippen molar-refractivity contribution >= 4 is 11.9 Å². The summed E-state index contributed by atoms with van der Waals surface area (Å²) >= 11 is 0. The number of unbranched alkanes of at least 4 members (excludes halogenated alkanes) is 10. The van der Waals surface area contributed by atoms with Crippen LogP contribution in [0.5, 0.6) is 0 Å². The minimum absolute atomic E-state index is 0.269. The Labute approximate surface area is 205 Å². The maximum absolute atomic E-state index is 11.9. The lowest BCUT2D eigenvalue weighted by Crippen LogP contribution is -2.28. The highest BCUT2D eigenvalue weighted by molar-refractivity contribution is 5.89. The fraction of sp³-hybridized carbons (Fsp3) is 0.586. The van der Waals surface area contributed by atoms with Gasteiger partial charge in [0.1, 0.15) is 6.61 Å². The average Bonchev–Trinajstić information content (AvgIpc) is 2.84. The Kier molecular flexibility index (Phi) is 22.0. The van der Waals surface area contributed by atoms with E-state index in [0.717, 1.165) is 19.3 Å². The number of ether oxygens (including phenoxy) is 2. The molecular weight excluding hydrogens is 428 g/mol. The van der Waals surface area contributed by atoms with Gasteiger partial charge in [-0.15, -0.1) is 0 Å². The van der Waals surface area contributed by atoms with Crippen LogP contribution in [0.25, 0.3) is 0 Å². The highest BCUT2D eigenvalue weighted by Crippen LogP contribution is 2.12. The molecule has 0 unspecified atom stereocenters. The quantitative estimate of drug-likeness (QED) is 0.161. The Balaban J connectivity index is 3.95. The molecule has 0 spiro atoms. The highest BCUT2D eigenvalue weighted by Gasteiger charge is 2.15. The number of hydrogen-bond donors (Lipinski definition) is 1. The molecule has 1 N–H and O–H groups in total. The Hall–Kier alpha value is -3.30. The minimum atomic E-state index is -0.910. The fourth-order valence-electron chi connectivity index (χ4n) is 2.84. The SMILES string of the molecule is CC#CC#CC#CC#CC#CC(=O)OC[C@@H](CO)OC(=O)CCCCCCCCCCCCC. The van der Waals surface area contributed by atoms with Crippen molar-refractivity contribution in [3.63, 3.8) is 0 Å². The topological polar surface area (TPSA) is 72.8 Å². The number of aliphatic hydroxyl groups excluding tert-OH is 1. The van der Waals surface area contributed by atoms with Crippen LogP contribution >= 0.6 is 0 Å². The summed E-state index contributed by atoms with van der Waals surface area (Å²) in [6.45, 7) is 3.19. The zero-order valence-electron chi connectivity index (χ0n) is 20.6. The summed E-state index contributed by atoms with van der Waals surface area (Å²) in [5.74, 6) is 23.0. The third-order valence-corrected chi connectivity index (χ3v) is 4.61. The van der Waals surface area contributed by atoms with Crippen LogP contribution in [0.1, 0.15) is 90.9 Å². The van der Waals surface area contributed by atoms with Crippen molar-refractivity contribution in [2.75, 3.05) is 13.2 Å². The number of rotatable bonds is 16. The van der Waals surface area contributed by atoms with Gasteiger partial charge < -0.3 is 14.6 Å². The van der Waals surface area contributed by atoms with E-state index in [2.05, 4.69) is 66.1 Å². The lowest BCUT2D eigenvalue weighted by molar-refractivity contribution is -0.159. The van der Waals surface area contributed by atoms with Crippen LogP contribution in [-0.4, -0.2) is 36.4 Å². The number of esters is 2. The molecule has 0 aliphatic carbocycles. The molecular formula is C29H36O5. The van der Waals surface area contributed by atoms with Crippen molar-refractivity contribution in [2.24, 2.45) is 0 Å². The summed E-state index contributed by atoms with van der Waals surface area (Å²) in [5, 5.41) is 9.34. The Morgan fingerprint density at radius 3 is 1.76 bits per heavy atom. The third kappa shape index (κ3) is 21.9. The number of carbonyl (C=O) groups is 2. The molecule has 0 aliphatic rings. The minimum Gasteiger partial charge on any atom is -0.456 e. The van der Waals surface area contributed by atoms with Crippen molar-refractivity contribution in [1.82, 2.24) is 0 Å². The molecule has 5 heteroatoms. The average molecular weight is 465 g/mol. The van der Waals surface area contributed by atoms with Crippen LogP contribution in [0, 0.1) is 59.2 Å². The predicted octanol–water partition coefficient (Wildman–Crippen LogP) is 4.17. The normalized spacial score (nSPS) is 9.62.